The van der Waals surface area contributed by atoms with E-state index >= 15 is 0 Å². The molecule has 2 aliphatic heterocycles. The number of nitrogens with one attached hydrogen (secondary N) is 1. The third-order valence-corrected chi connectivity index (χ3v) is 6.94. The Hall–Kier alpha value is -3.73. The first-order chi connectivity index (χ1) is 18.2. The molecule has 1 aromatic carbocycles. The molecule has 200 valence electrons. The molecule has 0 bridgehead atoms. The SMILES string of the molecule is Cc1nc(N2CCC(N3CCCC3)CC2)nc2ncc(NC(=O)/C=C/c3ccc(OC(F)(F)F)cc3)cc12. The van der Waals surface area contributed by atoms with E-state index in [2.05, 4.69) is 24.8 Å². The standard InChI is InChI=1S/C27H29F3N6O2/c1-18-23-16-20(33-24(37)9-6-19-4-7-22(8-5-19)38-27(28,29)30)17-31-25(23)34-26(32-18)36-14-10-21(11-15-36)35-12-2-3-13-35/h4-9,16-17,21H,2-3,10-15H2,1H3,(H,33,37)/b9-6+. The smallest absolute Gasteiger partial charge is 0.406 e. The number of ether oxygens (including phenoxy) is 1. The van der Waals surface area contributed by atoms with Gasteiger partial charge in [0.05, 0.1) is 17.6 Å². The average Bonchev–Trinajstić information content (AvgIpc) is 3.43. The van der Waals surface area contributed by atoms with E-state index in [0.717, 1.165) is 37.0 Å². The summed E-state index contributed by atoms with van der Waals surface area (Å²) in [5, 5.41) is 3.50. The van der Waals surface area contributed by atoms with Crippen LogP contribution in [0.2, 0.25) is 0 Å². The maximum Gasteiger partial charge on any atom is 0.573 e. The molecule has 0 spiro atoms. The zero-order valence-electron chi connectivity index (χ0n) is 21.0. The number of rotatable bonds is 6. The van der Waals surface area contributed by atoms with E-state index in [1.165, 1.54) is 62.3 Å². The van der Waals surface area contributed by atoms with Crippen molar-refractivity contribution in [3.8, 4) is 5.75 Å². The third kappa shape index (κ3) is 6.39. The van der Waals surface area contributed by atoms with Gasteiger partial charge in [-0.1, -0.05) is 12.1 Å². The summed E-state index contributed by atoms with van der Waals surface area (Å²) >= 11 is 0. The van der Waals surface area contributed by atoms with Crippen molar-refractivity contribution in [2.45, 2.75) is 45.0 Å². The summed E-state index contributed by atoms with van der Waals surface area (Å²) in [5.41, 5.74) is 2.40. The maximum atomic E-state index is 12.4. The van der Waals surface area contributed by atoms with Crippen LogP contribution in [0.25, 0.3) is 17.1 Å². The van der Waals surface area contributed by atoms with Crippen molar-refractivity contribution in [2.75, 3.05) is 36.4 Å². The van der Waals surface area contributed by atoms with E-state index in [9.17, 15) is 18.0 Å². The molecule has 2 saturated heterocycles. The van der Waals surface area contributed by atoms with Gasteiger partial charge in [-0.25, -0.2) is 9.97 Å². The van der Waals surface area contributed by atoms with Gasteiger partial charge in [-0.3, -0.25) is 4.79 Å². The predicted molar refractivity (Wildman–Crippen MR) is 139 cm³/mol. The molecule has 4 heterocycles. The summed E-state index contributed by atoms with van der Waals surface area (Å²) in [6.45, 7) is 6.17. The number of alkyl halides is 3. The van der Waals surface area contributed by atoms with Crippen molar-refractivity contribution < 1.29 is 22.7 Å². The molecule has 5 rings (SSSR count). The number of aryl methyl sites for hydroxylation is 1. The Kier molecular flexibility index (Phi) is 7.46. The van der Waals surface area contributed by atoms with Crippen LogP contribution in [0.15, 0.2) is 42.6 Å². The Labute approximate surface area is 218 Å². The Bertz CT molecular complexity index is 1310. The lowest BCUT2D eigenvalue weighted by atomic mass is 10.0. The monoisotopic (exact) mass is 526 g/mol. The van der Waals surface area contributed by atoms with Gasteiger partial charge >= 0.3 is 6.36 Å². The Morgan fingerprint density at radius 3 is 2.47 bits per heavy atom. The topological polar surface area (TPSA) is 83.5 Å². The number of hydrogen-bond acceptors (Lipinski definition) is 7. The van der Waals surface area contributed by atoms with Crippen molar-refractivity contribution in [1.82, 2.24) is 19.9 Å². The van der Waals surface area contributed by atoms with Gasteiger partial charge in [-0.2, -0.15) is 4.98 Å². The molecule has 1 N–H and O–H groups in total. The molecule has 0 atom stereocenters. The van der Waals surface area contributed by atoms with Crippen LogP contribution in [0.3, 0.4) is 0 Å². The van der Waals surface area contributed by atoms with Gasteiger partial charge in [-0.05, 0) is 75.5 Å². The highest BCUT2D eigenvalue weighted by Gasteiger charge is 2.31. The molecule has 0 aliphatic carbocycles. The lowest BCUT2D eigenvalue weighted by molar-refractivity contribution is -0.274. The molecule has 1 amide bonds. The lowest BCUT2D eigenvalue weighted by Gasteiger charge is -2.36. The number of piperidine rings is 1. The molecular formula is C27H29F3N6O2. The molecule has 2 aromatic heterocycles. The van der Waals surface area contributed by atoms with E-state index in [0.29, 0.717) is 28.9 Å². The van der Waals surface area contributed by atoms with Gasteiger partial charge in [0, 0.05) is 30.6 Å². The van der Waals surface area contributed by atoms with Crippen LogP contribution in [0.5, 0.6) is 5.75 Å². The van der Waals surface area contributed by atoms with E-state index < -0.39 is 12.3 Å². The van der Waals surface area contributed by atoms with Gasteiger partial charge < -0.3 is 19.9 Å². The minimum atomic E-state index is -4.75. The fourth-order valence-corrected chi connectivity index (χ4v) is 5.03. The summed E-state index contributed by atoms with van der Waals surface area (Å²) < 4.78 is 40.7. The Balaban J connectivity index is 1.20. The molecule has 8 nitrogen and oxygen atoms in total. The number of carbonyl (C=O) groups excluding carboxylic acids is 1. The highest BCUT2D eigenvalue weighted by Crippen LogP contribution is 2.26. The molecule has 2 aliphatic rings. The molecule has 3 aromatic rings. The minimum Gasteiger partial charge on any atom is -0.406 e. The van der Waals surface area contributed by atoms with Gasteiger partial charge in [0.1, 0.15) is 5.75 Å². The zero-order chi connectivity index (χ0) is 26.7. The summed E-state index contributed by atoms with van der Waals surface area (Å²) in [4.78, 5) is 31.1. The third-order valence-electron chi connectivity index (χ3n) is 6.94. The minimum absolute atomic E-state index is 0.325. The van der Waals surface area contributed by atoms with Crippen LogP contribution in [-0.4, -0.2) is 64.3 Å². The number of hydrogen-bond donors (Lipinski definition) is 1. The van der Waals surface area contributed by atoms with Crippen LogP contribution in [0.4, 0.5) is 24.8 Å². The number of halogens is 3. The van der Waals surface area contributed by atoms with Crippen LogP contribution in [0.1, 0.15) is 36.9 Å². The molecule has 38 heavy (non-hydrogen) atoms. The second kappa shape index (κ2) is 10.9. The van der Waals surface area contributed by atoms with E-state index in [1.807, 2.05) is 6.92 Å². The van der Waals surface area contributed by atoms with Gasteiger partial charge in [-0.15, -0.1) is 13.2 Å². The van der Waals surface area contributed by atoms with Crippen LogP contribution >= 0.6 is 0 Å². The van der Waals surface area contributed by atoms with Crippen molar-refractivity contribution in [1.29, 1.82) is 0 Å². The number of aromatic nitrogens is 3. The molecule has 11 heteroatoms. The Morgan fingerprint density at radius 1 is 1.08 bits per heavy atom. The predicted octanol–water partition coefficient (Wildman–Crippen LogP) is 4.95. The molecular weight excluding hydrogens is 497 g/mol. The van der Waals surface area contributed by atoms with Crippen molar-refractivity contribution >= 4 is 34.7 Å². The number of likely N-dealkylation sites (tertiary alicyclic amines) is 1. The fraction of sp³-hybridized carbons (Fsp3) is 0.407. The summed E-state index contributed by atoms with van der Waals surface area (Å²) in [5.74, 6) is -0.0415. The second-order valence-corrected chi connectivity index (χ2v) is 9.60. The zero-order valence-corrected chi connectivity index (χ0v) is 21.0. The number of nitrogens with zero attached hydrogens (tertiary/aromatic N) is 5. The number of benzene rings is 1. The van der Waals surface area contributed by atoms with Crippen LogP contribution in [0, 0.1) is 6.92 Å². The van der Waals surface area contributed by atoms with Crippen molar-refractivity contribution in [3.63, 3.8) is 0 Å². The molecule has 2 fully saturated rings. The molecule has 0 unspecified atom stereocenters. The first-order valence-corrected chi connectivity index (χ1v) is 12.7. The second-order valence-electron chi connectivity index (χ2n) is 9.60. The molecule has 0 radical (unpaired) electrons. The highest BCUT2D eigenvalue weighted by atomic mass is 19.4. The summed E-state index contributed by atoms with van der Waals surface area (Å²) in [6, 6.07) is 7.66. The number of carbonyl (C=O) groups is 1. The first kappa shape index (κ1) is 25.9. The number of pyridine rings is 1. The number of fused-ring (bicyclic) bond motifs is 1. The van der Waals surface area contributed by atoms with Gasteiger partial charge in [0.15, 0.2) is 5.65 Å². The van der Waals surface area contributed by atoms with E-state index in [-0.39, 0.29) is 5.75 Å². The summed E-state index contributed by atoms with van der Waals surface area (Å²) in [6.07, 6.45) is 4.41. The van der Waals surface area contributed by atoms with Crippen molar-refractivity contribution in [2.24, 2.45) is 0 Å². The normalized spacial score (nSPS) is 17.4. The lowest BCUT2D eigenvalue weighted by Crippen LogP contribution is -2.44. The first-order valence-electron chi connectivity index (χ1n) is 12.7. The quantitative estimate of drug-likeness (QED) is 0.455. The Morgan fingerprint density at radius 2 is 1.79 bits per heavy atom. The largest absolute Gasteiger partial charge is 0.573 e. The van der Waals surface area contributed by atoms with E-state index in [4.69, 9.17) is 9.97 Å². The van der Waals surface area contributed by atoms with E-state index in [1.54, 1.807) is 12.3 Å². The number of anilines is 2. The summed E-state index contributed by atoms with van der Waals surface area (Å²) in [7, 11) is 0. The van der Waals surface area contributed by atoms with Crippen molar-refractivity contribution in [3.05, 3.63) is 53.9 Å². The number of amides is 1. The van der Waals surface area contributed by atoms with Crippen LogP contribution in [-0.2, 0) is 4.79 Å². The van der Waals surface area contributed by atoms with Gasteiger partial charge in [0.25, 0.3) is 0 Å². The van der Waals surface area contributed by atoms with Crippen LogP contribution < -0.4 is 15.0 Å². The van der Waals surface area contributed by atoms with Gasteiger partial charge in [0.2, 0.25) is 11.9 Å². The highest BCUT2D eigenvalue weighted by molar-refractivity contribution is 6.02. The maximum absolute atomic E-state index is 12.4. The molecule has 0 saturated carbocycles. The average molecular weight is 527 g/mol. The fourth-order valence-electron chi connectivity index (χ4n) is 5.03.